The number of allylic oxidation sites excluding steroid dienone is 1. The summed E-state index contributed by atoms with van der Waals surface area (Å²) in [7, 11) is 1.62. The quantitative estimate of drug-likeness (QED) is 0.211. The van der Waals surface area contributed by atoms with Gasteiger partial charge in [0.25, 0.3) is 0 Å². The van der Waals surface area contributed by atoms with Crippen LogP contribution in [0.1, 0.15) is 67.3 Å². The molecule has 22 heavy (non-hydrogen) atoms. The Balaban J connectivity index is 2.19. The molecule has 0 aromatic heterocycles. The molecule has 0 fully saturated rings. The largest absolute Gasteiger partial charge is 0.504 e. The first-order chi connectivity index (χ1) is 10.8. The van der Waals surface area contributed by atoms with Gasteiger partial charge in [0, 0.05) is 12.0 Å². The van der Waals surface area contributed by atoms with Gasteiger partial charge in [0.05, 0.1) is 13.4 Å². The van der Waals surface area contributed by atoms with E-state index in [1.54, 1.807) is 13.4 Å². The fourth-order valence-electron chi connectivity index (χ4n) is 2.35. The summed E-state index contributed by atoms with van der Waals surface area (Å²) in [5.74, 6) is 0.244. The maximum Gasteiger partial charge on any atom is 0.162 e. The summed E-state index contributed by atoms with van der Waals surface area (Å²) >= 11 is 0. The van der Waals surface area contributed by atoms with Crippen LogP contribution in [0.3, 0.4) is 0 Å². The van der Waals surface area contributed by atoms with Gasteiger partial charge in [-0.05, 0) is 30.9 Å². The molecule has 1 aromatic rings. The number of hydrogen-bond donors (Lipinski definition) is 0. The van der Waals surface area contributed by atoms with E-state index in [-0.39, 0.29) is 5.78 Å². The molecule has 0 bridgehead atoms. The number of Topliss-reactive ketones (excluding diaryl/α,β-unsaturated/α-hetero) is 1. The van der Waals surface area contributed by atoms with Gasteiger partial charge in [0.2, 0.25) is 0 Å². The van der Waals surface area contributed by atoms with Crippen molar-refractivity contribution < 1.29 is 9.53 Å². The summed E-state index contributed by atoms with van der Waals surface area (Å²) < 4.78 is 4.88. The molecule has 0 saturated heterocycles. The zero-order valence-electron chi connectivity index (χ0n) is 13.7. The van der Waals surface area contributed by atoms with Crippen molar-refractivity contribution >= 4 is 11.9 Å². The van der Waals surface area contributed by atoms with Gasteiger partial charge in [-0.15, -0.1) is 6.58 Å². The minimum atomic E-state index is 0.244. The molecular formula is C20H28O2. The molecular weight excluding hydrogens is 272 g/mol. The maximum atomic E-state index is 12.1. The predicted octanol–water partition coefficient (Wildman–Crippen LogP) is 5.79. The Morgan fingerprint density at radius 1 is 1.05 bits per heavy atom. The first-order valence-corrected chi connectivity index (χ1v) is 8.21. The minimum Gasteiger partial charge on any atom is -0.504 e. The van der Waals surface area contributed by atoms with Crippen LogP contribution in [0.15, 0.2) is 43.2 Å². The molecule has 0 heterocycles. The Kier molecular flexibility index (Phi) is 9.76. The summed E-state index contributed by atoms with van der Waals surface area (Å²) in [6.45, 7) is 3.73. The standard InChI is InChI=1S/C20H28O2/c1-3-4-5-6-7-8-9-10-11-20(21)19-14-12-18(13-15-19)16-17-22-2/h3,12-17H,1,4-11H2,2H3. The number of benzene rings is 1. The van der Waals surface area contributed by atoms with Crippen LogP contribution in [0, 0.1) is 0 Å². The van der Waals surface area contributed by atoms with Crippen LogP contribution in [0.2, 0.25) is 0 Å². The number of rotatable bonds is 12. The van der Waals surface area contributed by atoms with Gasteiger partial charge in [-0.2, -0.15) is 0 Å². The molecule has 1 aromatic carbocycles. The van der Waals surface area contributed by atoms with E-state index in [9.17, 15) is 4.79 Å². The second kappa shape index (κ2) is 11.8. The van der Waals surface area contributed by atoms with Gasteiger partial charge in [0.1, 0.15) is 0 Å². The molecule has 1 rings (SSSR count). The Morgan fingerprint density at radius 3 is 2.32 bits per heavy atom. The lowest BCUT2D eigenvalue weighted by molar-refractivity contribution is 0.0979. The molecule has 2 heteroatoms. The lowest BCUT2D eigenvalue weighted by atomic mass is 10.0. The molecule has 0 spiro atoms. The van der Waals surface area contributed by atoms with Crippen LogP contribution in [-0.4, -0.2) is 12.9 Å². The van der Waals surface area contributed by atoms with E-state index in [1.165, 1.54) is 25.7 Å². The van der Waals surface area contributed by atoms with E-state index in [0.29, 0.717) is 6.42 Å². The highest BCUT2D eigenvalue weighted by Gasteiger charge is 2.05. The van der Waals surface area contributed by atoms with Crippen molar-refractivity contribution in [3.63, 3.8) is 0 Å². The van der Waals surface area contributed by atoms with Crippen molar-refractivity contribution in [1.29, 1.82) is 0 Å². The molecule has 0 amide bonds. The molecule has 0 aliphatic carbocycles. The third-order valence-corrected chi connectivity index (χ3v) is 3.69. The molecule has 2 nitrogen and oxygen atoms in total. The Labute approximate surface area is 134 Å². The SMILES string of the molecule is C=CCCCCCCCCC(=O)c1ccc(C=COC)cc1. The summed E-state index contributed by atoms with van der Waals surface area (Å²) in [4.78, 5) is 12.1. The Morgan fingerprint density at radius 2 is 1.68 bits per heavy atom. The molecule has 0 radical (unpaired) electrons. The van der Waals surface area contributed by atoms with Crippen LogP contribution in [0.4, 0.5) is 0 Å². The van der Waals surface area contributed by atoms with Crippen molar-refractivity contribution in [2.75, 3.05) is 7.11 Å². The number of hydrogen-bond acceptors (Lipinski definition) is 2. The number of methoxy groups -OCH3 is 1. The normalized spacial score (nSPS) is 10.8. The maximum absolute atomic E-state index is 12.1. The Hall–Kier alpha value is -1.83. The van der Waals surface area contributed by atoms with Crippen molar-refractivity contribution in [2.45, 2.75) is 51.4 Å². The van der Waals surface area contributed by atoms with Gasteiger partial charge in [0.15, 0.2) is 5.78 Å². The molecule has 0 unspecified atom stereocenters. The average Bonchev–Trinajstić information content (AvgIpc) is 2.55. The lowest BCUT2D eigenvalue weighted by Crippen LogP contribution is -1.98. The van der Waals surface area contributed by atoms with Gasteiger partial charge in [-0.3, -0.25) is 4.79 Å². The van der Waals surface area contributed by atoms with Gasteiger partial charge >= 0.3 is 0 Å². The van der Waals surface area contributed by atoms with E-state index < -0.39 is 0 Å². The summed E-state index contributed by atoms with van der Waals surface area (Å²) in [5, 5.41) is 0. The predicted molar refractivity (Wildman–Crippen MR) is 93.9 cm³/mol. The molecule has 0 saturated carbocycles. The topological polar surface area (TPSA) is 26.3 Å². The van der Waals surface area contributed by atoms with Gasteiger partial charge in [-0.1, -0.05) is 56.0 Å². The zero-order chi connectivity index (χ0) is 16.0. The molecule has 0 atom stereocenters. The number of carbonyl (C=O) groups is 1. The average molecular weight is 300 g/mol. The first-order valence-electron chi connectivity index (χ1n) is 8.21. The van der Waals surface area contributed by atoms with Crippen LogP contribution < -0.4 is 0 Å². The zero-order valence-corrected chi connectivity index (χ0v) is 13.7. The molecule has 0 aliphatic heterocycles. The first kappa shape index (κ1) is 18.2. The fraction of sp³-hybridized carbons (Fsp3) is 0.450. The minimum absolute atomic E-state index is 0.244. The van der Waals surface area contributed by atoms with Crippen LogP contribution >= 0.6 is 0 Å². The molecule has 120 valence electrons. The van der Waals surface area contributed by atoms with Crippen molar-refractivity contribution in [3.8, 4) is 0 Å². The highest BCUT2D eigenvalue weighted by molar-refractivity contribution is 5.96. The Bertz CT molecular complexity index is 457. The van der Waals surface area contributed by atoms with Gasteiger partial charge < -0.3 is 4.74 Å². The third-order valence-electron chi connectivity index (χ3n) is 3.69. The number of unbranched alkanes of at least 4 members (excludes halogenated alkanes) is 6. The second-order valence-electron chi connectivity index (χ2n) is 5.53. The van der Waals surface area contributed by atoms with Crippen LogP contribution in [0.25, 0.3) is 6.08 Å². The summed E-state index contributed by atoms with van der Waals surface area (Å²) in [6.07, 6.45) is 14.4. The molecule has 0 N–H and O–H groups in total. The van der Waals surface area contributed by atoms with Crippen LogP contribution in [0.5, 0.6) is 0 Å². The second-order valence-corrected chi connectivity index (χ2v) is 5.53. The van der Waals surface area contributed by atoms with Gasteiger partial charge in [-0.25, -0.2) is 0 Å². The number of ether oxygens (including phenoxy) is 1. The monoisotopic (exact) mass is 300 g/mol. The van der Waals surface area contributed by atoms with E-state index >= 15 is 0 Å². The van der Waals surface area contributed by atoms with E-state index in [2.05, 4.69) is 6.58 Å². The van der Waals surface area contributed by atoms with Crippen molar-refractivity contribution in [1.82, 2.24) is 0 Å². The van der Waals surface area contributed by atoms with E-state index in [4.69, 9.17) is 4.74 Å². The van der Waals surface area contributed by atoms with E-state index in [1.807, 2.05) is 36.4 Å². The fourth-order valence-corrected chi connectivity index (χ4v) is 2.35. The number of ketones is 1. The summed E-state index contributed by atoms with van der Waals surface area (Å²) in [6, 6.07) is 7.69. The van der Waals surface area contributed by atoms with E-state index in [0.717, 1.165) is 30.4 Å². The van der Waals surface area contributed by atoms with Crippen LogP contribution in [-0.2, 0) is 4.74 Å². The smallest absolute Gasteiger partial charge is 0.162 e. The molecule has 0 aliphatic rings. The highest BCUT2D eigenvalue weighted by Crippen LogP contribution is 2.13. The highest BCUT2D eigenvalue weighted by atomic mass is 16.5. The van der Waals surface area contributed by atoms with Crippen molar-refractivity contribution in [3.05, 3.63) is 54.3 Å². The lowest BCUT2D eigenvalue weighted by Gasteiger charge is -2.03. The number of carbonyl (C=O) groups excluding carboxylic acids is 1. The van der Waals surface area contributed by atoms with Crippen molar-refractivity contribution in [2.24, 2.45) is 0 Å². The summed E-state index contributed by atoms with van der Waals surface area (Å²) in [5.41, 5.74) is 1.85. The third kappa shape index (κ3) is 7.82.